The van der Waals surface area contributed by atoms with Gasteiger partial charge in [0.15, 0.2) is 0 Å². The van der Waals surface area contributed by atoms with Crippen molar-refractivity contribution in [2.45, 2.75) is 19.3 Å². The van der Waals surface area contributed by atoms with Gasteiger partial charge >= 0.3 is 0 Å². The lowest BCUT2D eigenvalue weighted by molar-refractivity contribution is 0.660. The summed E-state index contributed by atoms with van der Waals surface area (Å²) in [6, 6.07) is 66.6. The molecule has 0 unspecified atom stereocenters. The first-order valence-corrected chi connectivity index (χ1v) is 17.8. The molecule has 0 N–H and O–H groups in total. The van der Waals surface area contributed by atoms with E-state index in [1.54, 1.807) is 0 Å². The summed E-state index contributed by atoms with van der Waals surface area (Å²) < 4.78 is 2.38. The SMILES string of the molecule is CC1(C)c2cc(-c3ccc4c(c3)c3ccccc3n4-c3ccccc3)ccc2-c2ccc(N(c3ccccc3)c3cccc4ccccc34)cc21. The van der Waals surface area contributed by atoms with E-state index in [2.05, 4.69) is 205 Å². The molecule has 0 saturated heterocycles. The van der Waals surface area contributed by atoms with Gasteiger partial charge in [-0.05, 0) is 105 Å². The summed E-state index contributed by atoms with van der Waals surface area (Å²) in [7, 11) is 0. The maximum Gasteiger partial charge on any atom is 0.0541 e. The molecule has 0 fully saturated rings. The molecule has 2 heteroatoms. The number of aromatic nitrogens is 1. The summed E-state index contributed by atoms with van der Waals surface area (Å²) in [6.07, 6.45) is 0. The van der Waals surface area contributed by atoms with Crippen LogP contribution in [0.1, 0.15) is 25.0 Å². The molecule has 0 aliphatic heterocycles. The van der Waals surface area contributed by atoms with Crippen LogP contribution in [0.3, 0.4) is 0 Å². The van der Waals surface area contributed by atoms with Crippen LogP contribution in [0.2, 0.25) is 0 Å². The number of anilines is 3. The minimum absolute atomic E-state index is 0.175. The number of hydrogen-bond donors (Lipinski definition) is 0. The number of hydrogen-bond acceptors (Lipinski definition) is 1. The Bertz CT molecular complexity index is 2770. The fourth-order valence-electron chi connectivity index (χ4n) is 8.46. The summed E-state index contributed by atoms with van der Waals surface area (Å²) in [4.78, 5) is 2.41. The Hall–Kier alpha value is -6.38. The Balaban J connectivity index is 1.08. The minimum Gasteiger partial charge on any atom is -0.310 e. The van der Waals surface area contributed by atoms with E-state index in [0.717, 1.165) is 11.4 Å². The highest BCUT2D eigenvalue weighted by molar-refractivity contribution is 6.10. The topological polar surface area (TPSA) is 8.17 Å². The number of nitrogens with zero attached hydrogens (tertiary/aromatic N) is 2. The van der Waals surface area contributed by atoms with Crippen molar-refractivity contribution >= 4 is 49.6 Å². The first-order chi connectivity index (χ1) is 25.1. The van der Waals surface area contributed by atoms with E-state index in [1.807, 2.05) is 0 Å². The molecule has 0 radical (unpaired) electrons. The highest BCUT2D eigenvalue weighted by atomic mass is 15.1. The highest BCUT2D eigenvalue weighted by Crippen LogP contribution is 2.52. The number of para-hydroxylation sites is 3. The molecule has 1 aromatic heterocycles. The van der Waals surface area contributed by atoms with Gasteiger partial charge in [0.2, 0.25) is 0 Å². The van der Waals surface area contributed by atoms with Gasteiger partial charge in [-0.25, -0.2) is 0 Å². The van der Waals surface area contributed by atoms with Crippen LogP contribution in [-0.4, -0.2) is 4.57 Å². The molecule has 1 aliphatic carbocycles. The van der Waals surface area contributed by atoms with Crippen molar-refractivity contribution in [1.29, 1.82) is 0 Å². The molecule has 242 valence electrons. The molecule has 51 heavy (non-hydrogen) atoms. The van der Waals surface area contributed by atoms with Crippen LogP contribution in [0.25, 0.3) is 60.5 Å². The van der Waals surface area contributed by atoms with Gasteiger partial charge in [-0.15, -0.1) is 0 Å². The van der Waals surface area contributed by atoms with Crippen LogP contribution in [0.15, 0.2) is 182 Å². The van der Waals surface area contributed by atoms with E-state index in [4.69, 9.17) is 0 Å². The Morgan fingerprint density at radius 1 is 0.431 bits per heavy atom. The van der Waals surface area contributed by atoms with Gasteiger partial charge in [-0.1, -0.05) is 129 Å². The van der Waals surface area contributed by atoms with Gasteiger partial charge in [-0.2, -0.15) is 0 Å². The van der Waals surface area contributed by atoms with Gasteiger partial charge < -0.3 is 9.47 Å². The van der Waals surface area contributed by atoms with E-state index < -0.39 is 0 Å². The number of fused-ring (bicyclic) bond motifs is 7. The minimum atomic E-state index is -0.175. The van der Waals surface area contributed by atoms with Crippen molar-refractivity contribution < 1.29 is 0 Å². The molecule has 2 nitrogen and oxygen atoms in total. The van der Waals surface area contributed by atoms with Crippen LogP contribution in [0.4, 0.5) is 17.1 Å². The first-order valence-electron chi connectivity index (χ1n) is 17.8. The Morgan fingerprint density at radius 2 is 1.04 bits per heavy atom. The third kappa shape index (κ3) is 4.57. The zero-order chi connectivity index (χ0) is 34.1. The van der Waals surface area contributed by atoms with Crippen LogP contribution >= 0.6 is 0 Å². The van der Waals surface area contributed by atoms with E-state index in [1.165, 1.54) is 77.3 Å². The zero-order valence-corrected chi connectivity index (χ0v) is 28.7. The van der Waals surface area contributed by atoms with Crippen molar-refractivity contribution in [3.8, 4) is 27.9 Å². The normalized spacial score (nSPS) is 13.1. The predicted molar refractivity (Wildman–Crippen MR) is 216 cm³/mol. The average molecular weight is 653 g/mol. The molecule has 0 amide bonds. The van der Waals surface area contributed by atoms with Gasteiger partial charge in [0, 0.05) is 38.6 Å². The molecule has 0 spiro atoms. The van der Waals surface area contributed by atoms with Gasteiger partial charge in [-0.3, -0.25) is 0 Å². The molecule has 0 atom stereocenters. The fourth-order valence-corrected chi connectivity index (χ4v) is 8.46. The molecule has 8 aromatic carbocycles. The Morgan fingerprint density at radius 3 is 1.86 bits per heavy atom. The van der Waals surface area contributed by atoms with E-state index >= 15 is 0 Å². The summed E-state index contributed by atoms with van der Waals surface area (Å²) in [6.45, 7) is 4.76. The van der Waals surface area contributed by atoms with Crippen LogP contribution < -0.4 is 4.90 Å². The second-order valence-electron chi connectivity index (χ2n) is 14.2. The average Bonchev–Trinajstić information content (AvgIpc) is 3.63. The molecular weight excluding hydrogens is 617 g/mol. The van der Waals surface area contributed by atoms with Gasteiger partial charge in [0.05, 0.1) is 16.7 Å². The van der Waals surface area contributed by atoms with E-state index in [-0.39, 0.29) is 5.41 Å². The number of rotatable bonds is 5. The molecule has 10 rings (SSSR count). The van der Waals surface area contributed by atoms with Crippen molar-refractivity contribution in [2.24, 2.45) is 0 Å². The highest BCUT2D eigenvalue weighted by Gasteiger charge is 2.36. The van der Waals surface area contributed by atoms with Crippen molar-refractivity contribution in [3.63, 3.8) is 0 Å². The molecule has 1 aliphatic rings. The third-order valence-corrected chi connectivity index (χ3v) is 11.0. The second kappa shape index (κ2) is 11.3. The number of benzene rings is 8. The van der Waals surface area contributed by atoms with Crippen molar-refractivity contribution in [2.75, 3.05) is 4.90 Å². The first kappa shape index (κ1) is 29.5. The molecule has 9 aromatic rings. The maximum absolute atomic E-state index is 2.44. The Kier molecular flexibility index (Phi) is 6.56. The van der Waals surface area contributed by atoms with Gasteiger partial charge in [0.25, 0.3) is 0 Å². The van der Waals surface area contributed by atoms with E-state index in [0.29, 0.717) is 0 Å². The summed E-state index contributed by atoms with van der Waals surface area (Å²) in [5.41, 5.74) is 14.8. The maximum atomic E-state index is 2.44. The fraction of sp³-hybridized carbons (Fsp3) is 0.0612. The predicted octanol–water partition coefficient (Wildman–Crippen LogP) is 13.4. The summed E-state index contributed by atoms with van der Waals surface area (Å²) >= 11 is 0. The second-order valence-corrected chi connectivity index (χ2v) is 14.2. The van der Waals surface area contributed by atoms with Crippen molar-refractivity contribution in [3.05, 3.63) is 193 Å². The van der Waals surface area contributed by atoms with Crippen molar-refractivity contribution in [1.82, 2.24) is 4.57 Å². The lowest BCUT2D eigenvalue weighted by Crippen LogP contribution is -2.16. The van der Waals surface area contributed by atoms with Crippen LogP contribution in [0, 0.1) is 0 Å². The molecule has 0 bridgehead atoms. The Labute approximate surface area is 298 Å². The standard InChI is InChI=1S/C49H36N2/c1-49(2)44-31-35(34-25-29-48-43(30-34)42-21-11-12-22-47(42)51(48)37-18-7-4-8-19-37)24-27-40(44)41-28-26-38(32-45(41)49)50(36-16-5-3-6-17-36)46-23-13-15-33-14-9-10-20-39(33)46/h3-32H,1-2H3. The summed E-state index contributed by atoms with van der Waals surface area (Å²) in [5, 5.41) is 5.02. The molecular formula is C49H36N2. The molecule has 1 heterocycles. The lowest BCUT2D eigenvalue weighted by atomic mass is 9.81. The van der Waals surface area contributed by atoms with E-state index in [9.17, 15) is 0 Å². The molecule has 0 saturated carbocycles. The quantitative estimate of drug-likeness (QED) is 0.180. The largest absolute Gasteiger partial charge is 0.310 e. The summed E-state index contributed by atoms with van der Waals surface area (Å²) in [5.74, 6) is 0. The smallest absolute Gasteiger partial charge is 0.0541 e. The third-order valence-electron chi connectivity index (χ3n) is 11.0. The van der Waals surface area contributed by atoms with Crippen LogP contribution in [-0.2, 0) is 5.41 Å². The lowest BCUT2D eigenvalue weighted by Gasteiger charge is -2.29. The van der Waals surface area contributed by atoms with Crippen LogP contribution in [0.5, 0.6) is 0 Å². The monoisotopic (exact) mass is 652 g/mol. The van der Waals surface area contributed by atoms with Gasteiger partial charge in [0.1, 0.15) is 0 Å². The zero-order valence-electron chi connectivity index (χ0n) is 28.7.